The number of fused-ring (bicyclic) bond motifs is 1. The molecule has 0 unspecified atom stereocenters. The molecule has 0 atom stereocenters. The number of carbonyl (C=O) groups excluding carboxylic acids is 1. The van der Waals surface area contributed by atoms with Gasteiger partial charge in [-0.05, 0) is 29.5 Å². The number of thioether (sulfide) groups is 1. The zero-order valence-electron chi connectivity index (χ0n) is 14.7. The summed E-state index contributed by atoms with van der Waals surface area (Å²) in [6.45, 7) is 4.46. The molecule has 2 aromatic heterocycles. The van der Waals surface area contributed by atoms with Crippen LogP contribution in [0.25, 0.3) is 10.2 Å². The number of aromatic nitrogens is 2. The van der Waals surface area contributed by atoms with Gasteiger partial charge in [-0.3, -0.25) is 14.2 Å². The molecule has 0 radical (unpaired) electrons. The van der Waals surface area contributed by atoms with Crippen molar-refractivity contribution in [1.29, 1.82) is 0 Å². The Morgan fingerprint density at radius 2 is 2.11 bits per heavy atom. The number of amides is 1. The quantitative estimate of drug-likeness (QED) is 0.491. The predicted molar refractivity (Wildman–Crippen MR) is 104 cm³/mol. The summed E-state index contributed by atoms with van der Waals surface area (Å²) >= 11 is 2.44. The van der Waals surface area contributed by atoms with E-state index in [1.807, 2.05) is 13.8 Å². The summed E-state index contributed by atoms with van der Waals surface area (Å²) in [7, 11) is 0. The van der Waals surface area contributed by atoms with Crippen LogP contribution in [0.5, 0.6) is 0 Å². The molecule has 3 rings (SSSR count). The summed E-state index contributed by atoms with van der Waals surface area (Å²) in [5.41, 5.74) is 0.372. The van der Waals surface area contributed by atoms with Crippen LogP contribution in [-0.2, 0) is 11.3 Å². The molecule has 1 N–H and O–H groups in total. The first-order chi connectivity index (χ1) is 12.8. The van der Waals surface area contributed by atoms with Gasteiger partial charge in [-0.25, -0.2) is 13.8 Å². The highest BCUT2D eigenvalue weighted by Crippen LogP contribution is 2.22. The standard InChI is InChI=1S/C18H17F2N3O2S2/c1-10(2)8-23-17(25)16-14(5-6-26-16)22-18(23)27-9-15(24)21-13-4-3-11(19)7-12(13)20/h3-7,10H,8-9H2,1-2H3,(H,21,24). The van der Waals surface area contributed by atoms with Crippen molar-refractivity contribution < 1.29 is 13.6 Å². The molecule has 0 aliphatic heterocycles. The third-order valence-corrected chi connectivity index (χ3v) is 5.48. The molecule has 0 fully saturated rings. The first kappa shape index (κ1) is 19.5. The number of hydrogen-bond donors (Lipinski definition) is 1. The molecule has 142 valence electrons. The highest BCUT2D eigenvalue weighted by atomic mass is 32.2. The number of carbonyl (C=O) groups is 1. The van der Waals surface area contributed by atoms with Crippen LogP contribution < -0.4 is 10.9 Å². The minimum atomic E-state index is -0.845. The van der Waals surface area contributed by atoms with Gasteiger partial charge in [0.1, 0.15) is 16.3 Å². The lowest BCUT2D eigenvalue weighted by Crippen LogP contribution is -2.25. The van der Waals surface area contributed by atoms with Crippen LogP contribution in [-0.4, -0.2) is 21.2 Å². The molecule has 3 aromatic rings. The Balaban J connectivity index is 1.79. The lowest BCUT2D eigenvalue weighted by Gasteiger charge is -2.14. The van der Waals surface area contributed by atoms with E-state index in [4.69, 9.17) is 0 Å². The second-order valence-corrected chi connectivity index (χ2v) is 8.16. The molecular weight excluding hydrogens is 392 g/mol. The average Bonchev–Trinajstić information content (AvgIpc) is 3.07. The molecule has 0 bridgehead atoms. The fourth-order valence-corrected chi connectivity index (χ4v) is 4.05. The fourth-order valence-electron chi connectivity index (χ4n) is 2.47. The minimum absolute atomic E-state index is 0.0585. The summed E-state index contributed by atoms with van der Waals surface area (Å²) in [5.74, 6) is -1.87. The van der Waals surface area contributed by atoms with Crippen LogP contribution in [0.15, 0.2) is 39.6 Å². The van der Waals surface area contributed by atoms with E-state index >= 15 is 0 Å². The van der Waals surface area contributed by atoms with Gasteiger partial charge in [0.25, 0.3) is 5.56 Å². The smallest absolute Gasteiger partial charge is 0.272 e. The van der Waals surface area contributed by atoms with Gasteiger partial charge in [-0.2, -0.15) is 0 Å². The van der Waals surface area contributed by atoms with E-state index in [0.717, 1.165) is 23.9 Å². The van der Waals surface area contributed by atoms with E-state index in [2.05, 4.69) is 10.3 Å². The number of thiophene rings is 1. The Hall–Kier alpha value is -2.26. The molecule has 5 nitrogen and oxygen atoms in total. The third kappa shape index (κ3) is 4.54. The van der Waals surface area contributed by atoms with Crippen molar-refractivity contribution in [3.8, 4) is 0 Å². The Kier molecular flexibility index (Phi) is 5.91. The molecule has 0 saturated heterocycles. The van der Waals surface area contributed by atoms with Gasteiger partial charge in [0.05, 0.1) is 17.0 Å². The Bertz CT molecular complexity index is 1050. The van der Waals surface area contributed by atoms with E-state index in [1.54, 1.807) is 16.0 Å². The van der Waals surface area contributed by atoms with Gasteiger partial charge in [0.15, 0.2) is 5.16 Å². The zero-order chi connectivity index (χ0) is 19.6. The summed E-state index contributed by atoms with van der Waals surface area (Å²) < 4.78 is 28.8. The second-order valence-electron chi connectivity index (χ2n) is 6.30. The van der Waals surface area contributed by atoms with Crippen LogP contribution in [0.3, 0.4) is 0 Å². The van der Waals surface area contributed by atoms with Gasteiger partial charge in [0.2, 0.25) is 5.91 Å². The molecule has 0 aliphatic carbocycles. The topological polar surface area (TPSA) is 64.0 Å². The number of anilines is 1. The molecule has 0 spiro atoms. The zero-order valence-corrected chi connectivity index (χ0v) is 16.3. The van der Waals surface area contributed by atoms with Gasteiger partial charge in [-0.15, -0.1) is 11.3 Å². The largest absolute Gasteiger partial charge is 0.323 e. The Labute approximate surface area is 162 Å². The Morgan fingerprint density at radius 3 is 2.81 bits per heavy atom. The highest BCUT2D eigenvalue weighted by molar-refractivity contribution is 7.99. The van der Waals surface area contributed by atoms with Crippen LogP contribution >= 0.6 is 23.1 Å². The predicted octanol–water partition coefficient (Wildman–Crippen LogP) is 4.12. The van der Waals surface area contributed by atoms with Crippen molar-refractivity contribution in [2.24, 2.45) is 5.92 Å². The fraction of sp³-hybridized carbons (Fsp3) is 0.278. The highest BCUT2D eigenvalue weighted by Gasteiger charge is 2.16. The van der Waals surface area contributed by atoms with Gasteiger partial charge >= 0.3 is 0 Å². The summed E-state index contributed by atoms with van der Waals surface area (Å²) in [4.78, 5) is 29.3. The number of nitrogens with one attached hydrogen (secondary N) is 1. The molecule has 2 heterocycles. The van der Waals surface area contributed by atoms with E-state index in [0.29, 0.717) is 28.0 Å². The van der Waals surface area contributed by atoms with Crippen molar-refractivity contribution in [2.75, 3.05) is 11.1 Å². The van der Waals surface area contributed by atoms with Gasteiger partial charge < -0.3 is 5.32 Å². The van der Waals surface area contributed by atoms with E-state index < -0.39 is 17.5 Å². The third-order valence-electron chi connectivity index (χ3n) is 3.62. The van der Waals surface area contributed by atoms with Crippen LogP contribution in [0.1, 0.15) is 13.8 Å². The number of benzene rings is 1. The number of halogens is 2. The molecule has 1 aromatic carbocycles. The molecule has 1 amide bonds. The molecule has 0 aliphatic rings. The maximum absolute atomic E-state index is 13.7. The van der Waals surface area contributed by atoms with Crippen molar-refractivity contribution in [3.05, 3.63) is 51.6 Å². The first-order valence-electron chi connectivity index (χ1n) is 8.21. The molecule has 0 saturated carbocycles. The average molecular weight is 409 g/mol. The van der Waals surface area contributed by atoms with Crippen molar-refractivity contribution in [3.63, 3.8) is 0 Å². The molecule has 9 heteroatoms. The summed E-state index contributed by atoms with van der Waals surface area (Å²) in [6, 6.07) is 4.70. The molecule has 27 heavy (non-hydrogen) atoms. The lowest BCUT2D eigenvalue weighted by atomic mass is 10.2. The Morgan fingerprint density at radius 1 is 1.33 bits per heavy atom. The molecular formula is C18H17F2N3O2S2. The van der Waals surface area contributed by atoms with Crippen molar-refractivity contribution >= 4 is 44.9 Å². The second kappa shape index (κ2) is 8.18. The van der Waals surface area contributed by atoms with Crippen LogP contribution in [0.2, 0.25) is 0 Å². The van der Waals surface area contributed by atoms with Crippen LogP contribution in [0.4, 0.5) is 14.5 Å². The van der Waals surface area contributed by atoms with Crippen LogP contribution in [0, 0.1) is 17.6 Å². The number of hydrogen-bond acceptors (Lipinski definition) is 5. The van der Waals surface area contributed by atoms with E-state index in [9.17, 15) is 18.4 Å². The van der Waals surface area contributed by atoms with Crippen molar-refractivity contribution in [2.45, 2.75) is 25.5 Å². The van der Waals surface area contributed by atoms with E-state index in [1.165, 1.54) is 11.3 Å². The monoisotopic (exact) mass is 409 g/mol. The van der Waals surface area contributed by atoms with Gasteiger partial charge in [-0.1, -0.05) is 25.6 Å². The lowest BCUT2D eigenvalue weighted by molar-refractivity contribution is -0.113. The number of rotatable bonds is 6. The minimum Gasteiger partial charge on any atom is -0.323 e. The number of nitrogens with zero attached hydrogens (tertiary/aromatic N) is 2. The SMILES string of the molecule is CC(C)Cn1c(SCC(=O)Nc2ccc(F)cc2F)nc2ccsc2c1=O. The van der Waals surface area contributed by atoms with Crippen molar-refractivity contribution in [1.82, 2.24) is 9.55 Å². The summed E-state index contributed by atoms with van der Waals surface area (Å²) in [5, 5.41) is 4.64. The summed E-state index contributed by atoms with van der Waals surface area (Å²) in [6.07, 6.45) is 0. The normalized spacial score (nSPS) is 11.3. The van der Waals surface area contributed by atoms with Gasteiger partial charge in [0, 0.05) is 12.6 Å². The maximum atomic E-state index is 13.7. The van der Waals surface area contributed by atoms with E-state index in [-0.39, 0.29) is 22.9 Å². The maximum Gasteiger partial charge on any atom is 0.272 e. The first-order valence-corrected chi connectivity index (χ1v) is 10.1.